The highest BCUT2D eigenvalue weighted by molar-refractivity contribution is 5.77. The SMILES string of the molecule is CC(C)(CC1=CCCC1)C(=O)OC1=CCCC1. The van der Waals surface area contributed by atoms with Crippen LogP contribution in [-0.2, 0) is 9.53 Å². The monoisotopic (exact) mass is 234 g/mol. The smallest absolute Gasteiger partial charge is 0.316 e. The number of ether oxygens (including phenoxy) is 1. The van der Waals surface area contributed by atoms with Gasteiger partial charge in [0.1, 0.15) is 5.76 Å². The van der Waals surface area contributed by atoms with E-state index in [1.165, 1.54) is 18.4 Å². The third-order valence-electron chi connectivity index (χ3n) is 3.58. The average molecular weight is 234 g/mol. The molecule has 0 aliphatic heterocycles. The summed E-state index contributed by atoms with van der Waals surface area (Å²) >= 11 is 0. The van der Waals surface area contributed by atoms with Crippen LogP contribution in [-0.4, -0.2) is 5.97 Å². The van der Waals surface area contributed by atoms with E-state index in [9.17, 15) is 4.79 Å². The van der Waals surface area contributed by atoms with E-state index in [-0.39, 0.29) is 11.4 Å². The molecular weight excluding hydrogens is 212 g/mol. The van der Waals surface area contributed by atoms with E-state index in [1.807, 2.05) is 19.9 Å². The lowest BCUT2D eigenvalue weighted by Gasteiger charge is -2.23. The third-order valence-corrected chi connectivity index (χ3v) is 3.58. The first-order valence-electron chi connectivity index (χ1n) is 6.67. The van der Waals surface area contributed by atoms with E-state index in [0.29, 0.717) is 0 Å². The lowest BCUT2D eigenvalue weighted by Crippen LogP contribution is -2.26. The Hall–Kier alpha value is -1.05. The number of carbonyl (C=O) groups is 1. The zero-order valence-corrected chi connectivity index (χ0v) is 10.9. The van der Waals surface area contributed by atoms with Crippen molar-refractivity contribution in [2.45, 2.75) is 58.8 Å². The maximum absolute atomic E-state index is 12.1. The first kappa shape index (κ1) is 12.4. The van der Waals surface area contributed by atoms with Crippen LogP contribution in [0.4, 0.5) is 0 Å². The van der Waals surface area contributed by atoms with Gasteiger partial charge in [0, 0.05) is 6.42 Å². The molecule has 94 valence electrons. The van der Waals surface area contributed by atoms with Crippen LogP contribution in [0.1, 0.15) is 58.8 Å². The summed E-state index contributed by atoms with van der Waals surface area (Å²) in [6.07, 6.45) is 11.8. The lowest BCUT2D eigenvalue weighted by atomic mass is 9.85. The summed E-state index contributed by atoms with van der Waals surface area (Å²) in [5.74, 6) is 0.807. The van der Waals surface area contributed by atoms with Gasteiger partial charge in [-0.2, -0.15) is 0 Å². The fourth-order valence-corrected chi connectivity index (χ4v) is 2.53. The number of hydrogen-bond donors (Lipinski definition) is 0. The van der Waals surface area contributed by atoms with Crippen molar-refractivity contribution in [3.05, 3.63) is 23.5 Å². The average Bonchev–Trinajstić information content (AvgIpc) is 2.90. The minimum atomic E-state index is -0.389. The quantitative estimate of drug-likeness (QED) is 0.540. The molecule has 0 saturated carbocycles. The Labute approximate surface area is 104 Å². The number of rotatable bonds is 4. The second kappa shape index (κ2) is 5.07. The van der Waals surface area contributed by atoms with Crippen LogP contribution in [0.2, 0.25) is 0 Å². The second-order valence-electron chi connectivity index (χ2n) is 5.77. The number of esters is 1. The molecule has 2 aliphatic rings. The van der Waals surface area contributed by atoms with Crippen molar-refractivity contribution in [1.82, 2.24) is 0 Å². The van der Waals surface area contributed by atoms with Crippen molar-refractivity contribution in [1.29, 1.82) is 0 Å². The van der Waals surface area contributed by atoms with Crippen LogP contribution in [0.3, 0.4) is 0 Å². The van der Waals surface area contributed by atoms with Gasteiger partial charge in [-0.1, -0.05) is 11.6 Å². The van der Waals surface area contributed by atoms with Crippen molar-refractivity contribution in [3.63, 3.8) is 0 Å². The summed E-state index contributed by atoms with van der Waals surface area (Å²) < 4.78 is 5.48. The van der Waals surface area contributed by atoms with Gasteiger partial charge >= 0.3 is 5.97 Å². The molecular formula is C15H22O2. The molecule has 0 fully saturated rings. The molecule has 0 aromatic rings. The van der Waals surface area contributed by atoms with Gasteiger partial charge in [-0.15, -0.1) is 0 Å². The van der Waals surface area contributed by atoms with Crippen molar-refractivity contribution >= 4 is 5.97 Å². The zero-order chi connectivity index (χ0) is 12.3. The molecule has 2 nitrogen and oxygen atoms in total. The minimum Gasteiger partial charge on any atom is -0.431 e. The zero-order valence-electron chi connectivity index (χ0n) is 10.9. The molecule has 0 atom stereocenters. The molecule has 0 bridgehead atoms. The van der Waals surface area contributed by atoms with Crippen molar-refractivity contribution in [2.75, 3.05) is 0 Å². The molecule has 0 unspecified atom stereocenters. The predicted octanol–water partition coefficient (Wildman–Crippen LogP) is 4.12. The summed E-state index contributed by atoms with van der Waals surface area (Å²) in [6, 6.07) is 0. The highest BCUT2D eigenvalue weighted by Gasteiger charge is 2.32. The van der Waals surface area contributed by atoms with E-state index in [1.54, 1.807) is 0 Å². The van der Waals surface area contributed by atoms with E-state index >= 15 is 0 Å². The largest absolute Gasteiger partial charge is 0.431 e. The van der Waals surface area contributed by atoms with Gasteiger partial charge in [-0.25, -0.2) is 0 Å². The predicted molar refractivity (Wildman–Crippen MR) is 68.4 cm³/mol. The topological polar surface area (TPSA) is 26.3 Å². The molecule has 0 N–H and O–H groups in total. The highest BCUT2D eigenvalue weighted by Crippen LogP contribution is 2.33. The molecule has 0 saturated heterocycles. The van der Waals surface area contributed by atoms with Gasteiger partial charge in [0.2, 0.25) is 0 Å². The summed E-state index contributed by atoms with van der Waals surface area (Å²) in [7, 11) is 0. The van der Waals surface area contributed by atoms with Gasteiger partial charge in [0.25, 0.3) is 0 Å². The number of carbonyl (C=O) groups excluding carboxylic acids is 1. The molecule has 2 heteroatoms. The maximum Gasteiger partial charge on any atom is 0.316 e. The molecule has 17 heavy (non-hydrogen) atoms. The summed E-state index contributed by atoms with van der Waals surface area (Å²) in [6.45, 7) is 3.98. The second-order valence-corrected chi connectivity index (χ2v) is 5.77. The fraction of sp³-hybridized carbons (Fsp3) is 0.667. The van der Waals surface area contributed by atoms with Crippen LogP contribution >= 0.6 is 0 Å². The summed E-state index contributed by atoms with van der Waals surface area (Å²) in [5, 5.41) is 0. The van der Waals surface area contributed by atoms with Crippen LogP contribution in [0.25, 0.3) is 0 Å². The third kappa shape index (κ3) is 3.21. The minimum absolute atomic E-state index is 0.0709. The van der Waals surface area contributed by atoms with E-state index < -0.39 is 0 Å². The normalized spacial score (nSPS) is 20.1. The summed E-state index contributed by atoms with van der Waals surface area (Å²) in [5.41, 5.74) is 1.03. The van der Waals surface area contributed by atoms with Crippen LogP contribution in [0.5, 0.6) is 0 Å². The standard InChI is InChI=1S/C15H22O2/c1-15(2,11-12-7-3-4-8-12)14(16)17-13-9-5-6-10-13/h7,9H,3-6,8,10-11H2,1-2H3. The Balaban J connectivity index is 1.91. The molecule has 0 heterocycles. The Bertz CT molecular complexity index is 361. The molecule has 0 aromatic carbocycles. The Morgan fingerprint density at radius 2 is 1.94 bits per heavy atom. The lowest BCUT2D eigenvalue weighted by molar-refractivity contribution is -0.149. The van der Waals surface area contributed by atoms with Gasteiger partial charge < -0.3 is 4.74 Å². The van der Waals surface area contributed by atoms with Crippen molar-refractivity contribution in [3.8, 4) is 0 Å². The Morgan fingerprint density at radius 3 is 2.53 bits per heavy atom. The summed E-state index contributed by atoms with van der Waals surface area (Å²) in [4.78, 5) is 12.1. The van der Waals surface area contributed by atoms with E-state index in [2.05, 4.69) is 6.08 Å². The highest BCUT2D eigenvalue weighted by atomic mass is 16.5. The molecule has 2 rings (SSSR count). The molecule has 0 spiro atoms. The maximum atomic E-state index is 12.1. The van der Waals surface area contributed by atoms with Gasteiger partial charge in [0.15, 0.2) is 0 Å². The molecule has 2 aliphatic carbocycles. The van der Waals surface area contributed by atoms with E-state index in [4.69, 9.17) is 4.74 Å². The van der Waals surface area contributed by atoms with Gasteiger partial charge in [-0.3, -0.25) is 4.79 Å². The molecule has 0 radical (unpaired) electrons. The number of hydrogen-bond acceptors (Lipinski definition) is 2. The first-order chi connectivity index (χ1) is 8.08. The van der Waals surface area contributed by atoms with Gasteiger partial charge in [-0.05, 0) is 58.4 Å². The number of allylic oxidation sites excluding steroid dienone is 4. The van der Waals surface area contributed by atoms with Crippen LogP contribution in [0.15, 0.2) is 23.5 Å². The van der Waals surface area contributed by atoms with E-state index in [0.717, 1.165) is 37.9 Å². The fourth-order valence-electron chi connectivity index (χ4n) is 2.53. The van der Waals surface area contributed by atoms with Gasteiger partial charge in [0.05, 0.1) is 5.41 Å². The molecule has 0 amide bonds. The Kier molecular flexibility index (Phi) is 3.70. The van der Waals surface area contributed by atoms with Crippen molar-refractivity contribution < 1.29 is 9.53 Å². The van der Waals surface area contributed by atoms with Crippen LogP contribution in [0, 0.1) is 5.41 Å². The molecule has 0 aromatic heterocycles. The Morgan fingerprint density at radius 1 is 1.24 bits per heavy atom. The first-order valence-corrected chi connectivity index (χ1v) is 6.67. The van der Waals surface area contributed by atoms with Crippen LogP contribution < -0.4 is 0 Å². The van der Waals surface area contributed by atoms with Crippen molar-refractivity contribution in [2.24, 2.45) is 5.41 Å².